The van der Waals surface area contributed by atoms with E-state index in [0.717, 1.165) is 29.9 Å². The van der Waals surface area contributed by atoms with Crippen LogP contribution in [0.3, 0.4) is 0 Å². The Balaban J connectivity index is 1.86. The van der Waals surface area contributed by atoms with Gasteiger partial charge in [-0.3, -0.25) is 0 Å². The summed E-state index contributed by atoms with van der Waals surface area (Å²) in [6.45, 7) is 6.56. The minimum absolute atomic E-state index is 0.0992. The van der Waals surface area contributed by atoms with Gasteiger partial charge in [-0.05, 0) is 84.4 Å². The van der Waals surface area contributed by atoms with Gasteiger partial charge in [0.05, 0.1) is 10.6 Å². The van der Waals surface area contributed by atoms with E-state index in [-0.39, 0.29) is 10.4 Å². The maximum Gasteiger partial charge on any atom is 0.225 e. The maximum absolute atomic E-state index is 6.17. The second kappa shape index (κ2) is 9.26. The fraction of sp³-hybridized carbons (Fsp3) is 0.400. The third-order valence-corrected chi connectivity index (χ3v) is 5.85. The molecule has 27 heavy (non-hydrogen) atoms. The molecule has 0 unspecified atom stereocenters. The predicted octanol–water partition coefficient (Wildman–Crippen LogP) is 6.97. The number of aromatic nitrogens is 2. The molecule has 0 spiro atoms. The first-order chi connectivity index (χ1) is 12.9. The molecule has 1 aliphatic carbocycles. The number of hydrogen-bond acceptors (Lipinski definition) is 4. The van der Waals surface area contributed by atoms with Gasteiger partial charge < -0.3 is 9.64 Å². The van der Waals surface area contributed by atoms with Crippen LogP contribution in [0.2, 0.25) is 10.4 Å². The van der Waals surface area contributed by atoms with Crippen LogP contribution in [0.25, 0.3) is 0 Å². The molecule has 1 fully saturated rings. The Hall–Kier alpha value is -1.30. The van der Waals surface area contributed by atoms with Crippen LogP contribution in [0.15, 0.2) is 40.9 Å². The summed E-state index contributed by atoms with van der Waals surface area (Å²) in [6.07, 6.45) is 6.40. The monoisotopic (exact) mass is 469 g/mol. The molecule has 1 heterocycles. The lowest BCUT2D eigenvalue weighted by atomic mass is 9.98. The molecule has 1 aromatic heterocycles. The van der Waals surface area contributed by atoms with Crippen LogP contribution in [0.1, 0.15) is 39.0 Å². The molecule has 1 aliphatic rings. The van der Waals surface area contributed by atoms with Gasteiger partial charge in [-0.15, -0.1) is 0 Å². The van der Waals surface area contributed by atoms with E-state index in [1.165, 1.54) is 19.3 Å². The summed E-state index contributed by atoms with van der Waals surface area (Å²) in [4.78, 5) is 10.3. The Morgan fingerprint density at radius 1 is 1.19 bits per heavy atom. The van der Waals surface area contributed by atoms with E-state index in [2.05, 4.69) is 32.5 Å². The predicted molar refractivity (Wildman–Crippen MR) is 116 cm³/mol. The van der Waals surface area contributed by atoms with E-state index >= 15 is 0 Å². The topological polar surface area (TPSA) is 38.2 Å². The van der Waals surface area contributed by atoms with E-state index in [4.69, 9.17) is 27.9 Å². The van der Waals surface area contributed by atoms with E-state index in [0.29, 0.717) is 22.9 Å². The van der Waals surface area contributed by atoms with Crippen LogP contribution in [-0.4, -0.2) is 22.6 Å². The largest absolute Gasteiger partial charge is 0.490 e. The third kappa shape index (κ3) is 5.37. The Labute approximate surface area is 178 Å². The van der Waals surface area contributed by atoms with Crippen molar-refractivity contribution in [3.8, 4) is 5.75 Å². The first kappa shape index (κ1) is 20.4. The summed E-state index contributed by atoms with van der Waals surface area (Å²) in [5.41, 5.74) is 1.93. The molecule has 4 nitrogen and oxygen atoms in total. The SMILES string of the molecule is C=C(C)CN(c1ccc(OC2CCCCC2)cc1)c1nc(Cl)nc(Cl)c1Br. The molecule has 0 atom stereocenters. The number of ether oxygens (including phenoxy) is 1. The fourth-order valence-electron chi connectivity index (χ4n) is 3.20. The summed E-state index contributed by atoms with van der Waals surface area (Å²) in [7, 11) is 0. The molecule has 1 aromatic carbocycles. The highest BCUT2D eigenvalue weighted by Crippen LogP contribution is 2.36. The molecule has 1 saturated carbocycles. The second-order valence-electron chi connectivity index (χ2n) is 6.84. The Bertz CT molecular complexity index is 808. The molecule has 7 heteroatoms. The van der Waals surface area contributed by atoms with Crippen molar-refractivity contribution in [2.45, 2.75) is 45.1 Å². The second-order valence-corrected chi connectivity index (χ2v) is 8.33. The molecule has 0 N–H and O–H groups in total. The Kier molecular flexibility index (Phi) is 7.01. The maximum atomic E-state index is 6.17. The summed E-state index contributed by atoms with van der Waals surface area (Å²) >= 11 is 15.7. The van der Waals surface area contributed by atoms with Crippen molar-refractivity contribution in [3.63, 3.8) is 0 Å². The molecule has 0 amide bonds. The van der Waals surface area contributed by atoms with Crippen molar-refractivity contribution in [1.29, 1.82) is 0 Å². The van der Waals surface area contributed by atoms with Crippen LogP contribution in [-0.2, 0) is 0 Å². The average molecular weight is 471 g/mol. The van der Waals surface area contributed by atoms with E-state index < -0.39 is 0 Å². The molecule has 0 aliphatic heterocycles. The van der Waals surface area contributed by atoms with Gasteiger partial charge in [-0.25, -0.2) is 4.98 Å². The molecule has 0 radical (unpaired) electrons. The van der Waals surface area contributed by atoms with Crippen LogP contribution in [0.5, 0.6) is 5.75 Å². The first-order valence-electron chi connectivity index (χ1n) is 9.01. The third-order valence-electron chi connectivity index (χ3n) is 4.45. The summed E-state index contributed by atoms with van der Waals surface area (Å²) in [5.74, 6) is 1.49. The smallest absolute Gasteiger partial charge is 0.225 e. The minimum Gasteiger partial charge on any atom is -0.490 e. The van der Waals surface area contributed by atoms with Crippen molar-refractivity contribution >= 4 is 50.6 Å². The lowest BCUT2D eigenvalue weighted by molar-refractivity contribution is 0.155. The summed E-state index contributed by atoms with van der Waals surface area (Å²) in [6, 6.07) is 8.01. The zero-order valence-corrected chi connectivity index (χ0v) is 18.3. The van der Waals surface area contributed by atoms with E-state index in [9.17, 15) is 0 Å². The van der Waals surface area contributed by atoms with Gasteiger partial charge in [-0.1, -0.05) is 30.2 Å². The van der Waals surface area contributed by atoms with E-state index in [1.54, 1.807) is 0 Å². The highest BCUT2D eigenvalue weighted by Gasteiger charge is 2.19. The molecule has 2 aromatic rings. The molecule has 0 bridgehead atoms. The zero-order valence-electron chi connectivity index (χ0n) is 15.2. The van der Waals surface area contributed by atoms with Crippen molar-refractivity contribution < 1.29 is 4.74 Å². The lowest BCUT2D eigenvalue weighted by Crippen LogP contribution is -2.21. The normalized spacial score (nSPS) is 14.8. The quantitative estimate of drug-likeness (QED) is 0.259. The van der Waals surface area contributed by atoms with Crippen LogP contribution >= 0.6 is 39.1 Å². The number of hydrogen-bond donors (Lipinski definition) is 0. The van der Waals surface area contributed by atoms with Gasteiger partial charge in [-0.2, -0.15) is 4.98 Å². The van der Waals surface area contributed by atoms with Crippen LogP contribution in [0, 0.1) is 0 Å². The molecule has 3 rings (SSSR count). The van der Waals surface area contributed by atoms with Crippen molar-refractivity contribution in [2.75, 3.05) is 11.4 Å². The number of halogens is 3. The number of benzene rings is 1. The Morgan fingerprint density at radius 2 is 1.85 bits per heavy atom. The average Bonchev–Trinajstić information content (AvgIpc) is 2.64. The molecule has 144 valence electrons. The van der Waals surface area contributed by atoms with Gasteiger partial charge in [0.1, 0.15) is 10.9 Å². The first-order valence-corrected chi connectivity index (χ1v) is 10.6. The van der Waals surface area contributed by atoms with Crippen molar-refractivity contribution in [2.24, 2.45) is 0 Å². The highest BCUT2D eigenvalue weighted by atomic mass is 79.9. The Morgan fingerprint density at radius 3 is 2.48 bits per heavy atom. The number of nitrogens with zero attached hydrogens (tertiary/aromatic N) is 3. The molecule has 0 saturated heterocycles. The van der Waals surface area contributed by atoms with Crippen molar-refractivity contribution in [1.82, 2.24) is 9.97 Å². The summed E-state index contributed by atoms with van der Waals surface area (Å²) in [5, 5.41) is 0.371. The lowest BCUT2D eigenvalue weighted by Gasteiger charge is -2.26. The van der Waals surface area contributed by atoms with Crippen LogP contribution in [0.4, 0.5) is 11.5 Å². The van der Waals surface area contributed by atoms with Gasteiger partial charge in [0.25, 0.3) is 0 Å². The van der Waals surface area contributed by atoms with Crippen molar-refractivity contribution in [3.05, 3.63) is 51.3 Å². The van der Waals surface area contributed by atoms with Gasteiger partial charge in [0, 0.05) is 12.2 Å². The van der Waals surface area contributed by atoms with E-state index in [1.807, 2.05) is 36.1 Å². The van der Waals surface area contributed by atoms with Gasteiger partial charge >= 0.3 is 0 Å². The molecular formula is C20H22BrCl2N3O. The standard InChI is InChI=1S/C20H22BrCl2N3O/c1-13(2)12-26(19-17(21)18(22)24-20(23)25-19)14-8-10-16(11-9-14)27-15-6-4-3-5-7-15/h8-11,15H,1,3-7,12H2,2H3. The number of anilines is 2. The molecular weight excluding hydrogens is 449 g/mol. The minimum atomic E-state index is 0.0992. The zero-order chi connectivity index (χ0) is 19.4. The number of rotatable bonds is 6. The summed E-state index contributed by atoms with van der Waals surface area (Å²) < 4.78 is 6.72. The fourth-order valence-corrected chi connectivity index (χ4v) is 3.96. The van der Waals surface area contributed by atoms with Gasteiger partial charge in [0.15, 0.2) is 5.82 Å². The van der Waals surface area contributed by atoms with Crippen LogP contribution < -0.4 is 9.64 Å². The highest BCUT2D eigenvalue weighted by molar-refractivity contribution is 9.10. The van der Waals surface area contributed by atoms with Gasteiger partial charge in [0.2, 0.25) is 5.28 Å².